The number of hydrogen-bond donors (Lipinski definition) is 1. The Hall–Kier alpha value is -1.69. The quantitative estimate of drug-likeness (QED) is 0.648. The van der Waals surface area contributed by atoms with Gasteiger partial charge in [-0.15, -0.1) is 11.3 Å². The fourth-order valence-electron chi connectivity index (χ4n) is 4.19. The van der Waals surface area contributed by atoms with Crippen LogP contribution in [0.1, 0.15) is 20.0 Å². The number of rotatable bonds is 4. The second-order valence-electron chi connectivity index (χ2n) is 8.20. The normalized spacial score (nSPS) is 22.1. The maximum absolute atomic E-state index is 13.0. The summed E-state index contributed by atoms with van der Waals surface area (Å²) < 4.78 is 23.6. The standard InChI is InChI=1S/C21H23Cl2N3O5S2/c1-33(30,31)17-12-32-19(18(17)23)21(29)26-10-15(16(27)11-26)24-6-8-25(9-7-24)20(28)13-2-4-14(22)5-3-13/h2-5,12,15-16,27H,6-11H2,1H3/t15-,16-/m0/s1. The SMILES string of the molecule is CS(=O)(=O)c1csc(C(=O)N2C[C@H](O)[C@@H](N3CCN(C(=O)c4ccc(Cl)cc4)CC3)C2)c1Cl. The summed E-state index contributed by atoms with van der Waals surface area (Å²) in [5, 5.41) is 12.5. The van der Waals surface area contributed by atoms with Crippen LogP contribution < -0.4 is 0 Å². The molecule has 0 saturated carbocycles. The number of hydrogen-bond acceptors (Lipinski definition) is 7. The van der Waals surface area contributed by atoms with Gasteiger partial charge in [-0.25, -0.2) is 8.42 Å². The highest BCUT2D eigenvalue weighted by atomic mass is 35.5. The van der Waals surface area contributed by atoms with Gasteiger partial charge < -0.3 is 14.9 Å². The zero-order valence-corrected chi connectivity index (χ0v) is 20.9. The van der Waals surface area contributed by atoms with Crippen molar-refractivity contribution in [2.45, 2.75) is 17.0 Å². The second kappa shape index (κ2) is 9.52. The van der Waals surface area contributed by atoms with Crippen molar-refractivity contribution in [2.75, 3.05) is 45.5 Å². The highest BCUT2D eigenvalue weighted by Gasteiger charge is 2.40. The van der Waals surface area contributed by atoms with Crippen molar-refractivity contribution in [3.63, 3.8) is 0 Å². The Morgan fingerprint density at radius 3 is 2.21 bits per heavy atom. The summed E-state index contributed by atoms with van der Waals surface area (Å²) in [5.41, 5.74) is 0.576. The third-order valence-electron chi connectivity index (χ3n) is 6.00. The molecule has 2 amide bonds. The van der Waals surface area contributed by atoms with Crippen LogP contribution in [-0.4, -0.2) is 97.7 Å². The molecular weight excluding hydrogens is 509 g/mol. The molecule has 1 aromatic heterocycles. The molecule has 1 N–H and O–H groups in total. The fraction of sp³-hybridized carbons (Fsp3) is 0.429. The van der Waals surface area contributed by atoms with E-state index < -0.39 is 21.8 Å². The lowest BCUT2D eigenvalue weighted by Gasteiger charge is -2.38. The summed E-state index contributed by atoms with van der Waals surface area (Å²) in [6.07, 6.45) is 0.294. The molecule has 2 saturated heterocycles. The van der Waals surface area contributed by atoms with E-state index in [1.807, 2.05) is 0 Å². The zero-order valence-electron chi connectivity index (χ0n) is 17.8. The van der Waals surface area contributed by atoms with E-state index in [4.69, 9.17) is 23.2 Å². The third-order valence-corrected chi connectivity index (χ3v) is 9.11. The van der Waals surface area contributed by atoms with Crippen molar-refractivity contribution in [3.05, 3.63) is 50.1 Å². The van der Waals surface area contributed by atoms with Crippen LogP contribution in [0.3, 0.4) is 0 Å². The number of sulfone groups is 1. The van der Waals surface area contributed by atoms with E-state index >= 15 is 0 Å². The van der Waals surface area contributed by atoms with Crippen molar-refractivity contribution >= 4 is 56.2 Å². The van der Waals surface area contributed by atoms with Crippen LogP contribution >= 0.6 is 34.5 Å². The molecule has 0 radical (unpaired) electrons. The van der Waals surface area contributed by atoms with Gasteiger partial charge in [0.1, 0.15) is 4.88 Å². The van der Waals surface area contributed by atoms with Gasteiger partial charge in [0.15, 0.2) is 9.84 Å². The average Bonchev–Trinajstić information content (AvgIpc) is 3.36. The molecule has 8 nitrogen and oxygen atoms in total. The molecule has 33 heavy (non-hydrogen) atoms. The molecule has 2 aromatic rings. The maximum Gasteiger partial charge on any atom is 0.265 e. The Labute approximate surface area is 206 Å². The number of carbonyl (C=O) groups excluding carboxylic acids is 2. The molecule has 2 aliphatic rings. The fourth-order valence-corrected chi connectivity index (χ4v) is 7.19. The minimum Gasteiger partial charge on any atom is -0.390 e. The first-order chi connectivity index (χ1) is 15.6. The molecule has 3 heterocycles. The summed E-state index contributed by atoms with van der Waals surface area (Å²) in [6.45, 7) is 2.59. The highest BCUT2D eigenvalue weighted by molar-refractivity contribution is 7.91. The molecule has 0 bridgehead atoms. The summed E-state index contributed by atoms with van der Waals surface area (Å²) >= 11 is 13.1. The van der Waals surface area contributed by atoms with E-state index in [0.29, 0.717) is 43.3 Å². The Bertz CT molecular complexity index is 1160. The monoisotopic (exact) mass is 531 g/mol. The van der Waals surface area contributed by atoms with Gasteiger partial charge in [0.25, 0.3) is 11.8 Å². The molecule has 1 aromatic carbocycles. The first-order valence-corrected chi connectivity index (χ1v) is 13.8. The smallest absolute Gasteiger partial charge is 0.265 e. The number of carbonyl (C=O) groups is 2. The van der Waals surface area contributed by atoms with E-state index in [-0.39, 0.29) is 33.3 Å². The number of aliphatic hydroxyl groups is 1. The third kappa shape index (κ3) is 5.06. The number of thiophene rings is 1. The molecular formula is C21H23Cl2N3O5S2. The first-order valence-electron chi connectivity index (χ1n) is 10.3. The van der Waals surface area contributed by atoms with Gasteiger partial charge in [-0.05, 0) is 24.3 Å². The molecule has 0 unspecified atom stereocenters. The Morgan fingerprint density at radius 2 is 1.64 bits per heavy atom. The molecule has 178 valence electrons. The van der Waals surface area contributed by atoms with Crippen LogP contribution in [-0.2, 0) is 9.84 Å². The van der Waals surface area contributed by atoms with E-state index in [2.05, 4.69) is 4.90 Å². The van der Waals surface area contributed by atoms with Crippen LogP contribution in [0.15, 0.2) is 34.5 Å². The molecule has 2 atom stereocenters. The lowest BCUT2D eigenvalue weighted by Crippen LogP contribution is -2.54. The van der Waals surface area contributed by atoms with Crippen LogP contribution in [0.5, 0.6) is 0 Å². The number of piperazine rings is 1. The van der Waals surface area contributed by atoms with Gasteiger partial charge in [0.05, 0.1) is 22.1 Å². The van der Waals surface area contributed by atoms with E-state index in [9.17, 15) is 23.1 Å². The lowest BCUT2D eigenvalue weighted by atomic mass is 10.1. The molecule has 2 aliphatic heterocycles. The van der Waals surface area contributed by atoms with Crippen molar-refractivity contribution in [1.82, 2.24) is 14.7 Å². The van der Waals surface area contributed by atoms with Gasteiger partial charge in [-0.2, -0.15) is 0 Å². The van der Waals surface area contributed by atoms with Gasteiger partial charge in [-0.3, -0.25) is 14.5 Å². The van der Waals surface area contributed by atoms with E-state index in [1.54, 1.807) is 29.2 Å². The molecule has 2 fully saturated rings. The maximum atomic E-state index is 13.0. The summed E-state index contributed by atoms with van der Waals surface area (Å²) in [6, 6.07) is 6.50. The van der Waals surface area contributed by atoms with Crippen LogP contribution in [0.4, 0.5) is 0 Å². The number of halogens is 2. The molecule has 4 rings (SSSR count). The summed E-state index contributed by atoms with van der Waals surface area (Å²) in [5.74, 6) is -0.456. The Kier molecular flexibility index (Phi) is 7.05. The molecule has 0 aliphatic carbocycles. The molecule has 12 heteroatoms. The van der Waals surface area contributed by atoms with Gasteiger partial charge in [0, 0.05) is 61.5 Å². The summed E-state index contributed by atoms with van der Waals surface area (Å²) in [7, 11) is -3.53. The van der Waals surface area contributed by atoms with E-state index in [0.717, 1.165) is 17.6 Å². The van der Waals surface area contributed by atoms with Crippen molar-refractivity contribution in [1.29, 1.82) is 0 Å². The minimum atomic E-state index is -3.53. The average molecular weight is 532 g/mol. The predicted molar refractivity (Wildman–Crippen MR) is 127 cm³/mol. The van der Waals surface area contributed by atoms with Crippen LogP contribution in [0, 0.1) is 0 Å². The van der Waals surface area contributed by atoms with Crippen molar-refractivity contribution in [3.8, 4) is 0 Å². The van der Waals surface area contributed by atoms with Crippen LogP contribution in [0.2, 0.25) is 10.0 Å². The molecule has 0 spiro atoms. The number of likely N-dealkylation sites (tertiary alicyclic amines) is 1. The predicted octanol–water partition coefficient (Wildman–Crippen LogP) is 2.10. The lowest BCUT2D eigenvalue weighted by molar-refractivity contribution is 0.0376. The van der Waals surface area contributed by atoms with Crippen molar-refractivity contribution in [2.24, 2.45) is 0 Å². The first kappa shape index (κ1) is 24.4. The number of benzene rings is 1. The number of β-amino-alcohol motifs (C(OH)–C–C–N with tert-alkyl or cyclic N) is 1. The van der Waals surface area contributed by atoms with Gasteiger partial charge >= 0.3 is 0 Å². The van der Waals surface area contributed by atoms with E-state index in [1.165, 1.54) is 10.3 Å². The topological polar surface area (TPSA) is 98.2 Å². The minimum absolute atomic E-state index is 0.0599. The van der Waals surface area contributed by atoms with Crippen molar-refractivity contribution < 1.29 is 23.1 Å². The van der Waals surface area contributed by atoms with Gasteiger partial charge in [-0.1, -0.05) is 23.2 Å². The largest absolute Gasteiger partial charge is 0.390 e. The summed E-state index contributed by atoms with van der Waals surface area (Å²) in [4.78, 5) is 31.1. The number of aliphatic hydroxyl groups excluding tert-OH is 1. The second-order valence-corrected chi connectivity index (χ2v) is 11.9. The van der Waals surface area contributed by atoms with Crippen LogP contribution in [0.25, 0.3) is 0 Å². The number of amides is 2. The Morgan fingerprint density at radius 1 is 1.00 bits per heavy atom. The number of nitrogens with zero attached hydrogens (tertiary/aromatic N) is 3. The zero-order chi connectivity index (χ0) is 23.9. The Balaban J connectivity index is 1.38. The highest BCUT2D eigenvalue weighted by Crippen LogP contribution is 2.33. The van der Waals surface area contributed by atoms with Gasteiger partial charge in [0.2, 0.25) is 0 Å².